The van der Waals surface area contributed by atoms with Gasteiger partial charge in [0.1, 0.15) is 0 Å². The maximum Gasteiger partial charge on any atom is 0.272 e. The summed E-state index contributed by atoms with van der Waals surface area (Å²) in [6, 6.07) is 7.27. The van der Waals surface area contributed by atoms with Gasteiger partial charge in [-0.25, -0.2) is 0 Å². The van der Waals surface area contributed by atoms with Gasteiger partial charge in [0.15, 0.2) is 0 Å². The number of aryl methyl sites for hydroxylation is 2. The summed E-state index contributed by atoms with van der Waals surface area (Å²) in [4.78, 5) is 14.5. The topological polar surface area (TPSA) is 68.1 Å². The Bertz CT molecular complexity index is 597. The second kappa shape index (κ2) is 5.48. The average Bonchev–Trinajstić information content (AvgIpc) is 2.40. The largest absolute Gasteiger partial charge is 0.381 e. The Labute approximate surface area is 111 Å². The van der Waals surface area contributed by atoms with Gasteiger partial charge in [0.05, 0.1) is 4.92 Å². The van der Waals surface area contributed by atoms with Crippen molar-refractivity contribution < 1.29 is 4.92 Å². The van der Waals surface area contributed by atoms with Gasteiger partial charge in [0, 0.05) is 36.3 Å². The van der Waals surface area contributed by atoms with Crippen molar-refractivity contribution in [1.82, 2.24) is 4.98 Å². The predicted octanol–water partition coefficient (Wildman–Crippen LogP) is 3.22. The van der Waals surface area contributed by atoms with Crippen LogP contribution in [0.2, 0.25) is 0 Å². The van der Waals surface area contributed by atoms with Crippen molar-refractivity contribution in [1.29, 1.82) is 0 Å². The van der Waals surface area contributed by atoms with Crippen LogP contribution in [0, 0.1) is 24.0 Å². The highest BCUT2D eigenvalue weighted by atomic mass is 16.6. The maximum absolute atomic E-state index is 10.8. The van der Waals surface area contributed by atoms with Gasteiger partial charge in [-0.2, -0.15) is 0 Å². The van der Waals surface area contributed by atoms with Gasteiger partial charge in [-0.15, -0.1) is 0 Å². The van der Waals surface area contributed by atoms with E-state index in [1.807, 2.05) is 25.1 Å². The molecule has 2 aromatic rings. The molecule has 0 saturated carbocycles. The number of anilines is 1. The van der Waals surface area contributed by atoms with Crippen LogP contribution in [0.3, 0.4) is 0 Å². The Hall–Kier alpha value is -2.43. The Morgan fingerprint density at radius 2 is 2.11 bits per heavy atom. The highest BCUT2D eigenvalue weighted by Gasteiger charge is 2.12. The van der Waals surface area contributed by atoms with Crippen LogP contribution in [0.15, 0.2) is 36.7 Å². The molecule has 0 aliphatic heterocycles. The molecule has 5 nitrogen and oxygen atoms in total. The third-order valence-electron chi connectivity index (χ3n) is 2.95. The molecule has 98 valence electrons. The molecule has 0 aliphatic rings. The number of pyridine rings is 1. The van der Waals surface area contributed by atoms with Crippen LogP contribution in [0.5, 0.6) is 0 Å². The summed E-state index contributed by atoms with van der Waals surface area (Å²) in [7, 11) is 0. The monoisotopic (exact) mass is 257 g/mol. The van der Waals surface area contributed by atoms with Crippen LogP contribution in [0.1, 0.15) is 16.7 Å². The fourth-order valence-electron chi connectivity index (χ4n) is 1.89. The van der Waals surface area contributed by atoms with Gasteiger partial charge in [0.25, 0.3) is 5.69 Å². The minimum Gasteiger partial charge on any atom is -0.381 e. The molecule has 1 aromatic heterocycles. The van der Waals surface area contributed by atoms with E-state index in [9.17, 15) is 10.1 Å². The van der Waals surface area contributed by atoms with Crippen molar-refractivity contribution >= 4 is 11.4 Å². The fraction of sp³-hybridized carbons (Fsp3) is 0.214. The minimum absolute atomic E-state index is 0.157. The minimum atomic E-state index is -0.354. The van der Waals surface area contributed by atoms with Crippen LogP contribution in [-0.4, -0.2) is 9.91 Å². The van der Waals surface area contributed by atoms with Gasteiger partial charge in [-0.05, 0) is 37.1 Å². The quantitative estimate of drug-likeness (QED) is 0.674. The number of aromatic nitrogens is 1. The Morgan fingerprint density at radius 3 is 2.74 bits per heavy atom. The molecular weight excluding hydrogens is 242 g/mol. The molecule has 0 atom stereocenters. The highest BCUT2D eigenvalue weighted by molar-refractivity contribution is 5.59. The fourth-order valence-corrected chi connectivity index (χ4v) is 1.89. The molecule has 1 heterocycles. The number of benzene rings is 1. The first-order valence-corrected chi connectivity index (χ1v) is 5.96. The Kier molecular flexibility index (Phi) is 3.75. The number of nitro groups is 1. The number of hydrogen-bond donors (Lipinski definition) is 1. The molecule has 0 saturated heterocycles. The first kappa shape index (κ1) is 13.0. The van der Waals surface area contributed by atoms with Crippen molar-refractivity contribution in [3.8, 4) is 0 Å². The number of nitrogens with zero attached hydrogens (tertiary/aromatic N) is 2. The van der Waals surface area contributed by atoms with Gasteiger partial charge in [-0.1, -0.05) is 6.07 Å². The smallest absolute Gasteiger partial charge is 0.272 e. The van der Waals surface area contributed by atoms with E-state index in [2.05, 4.69) is 10.3 Å². The molecule has 0 bridgehead atoms. The zero-order chi connectivity index (χ0) is 13.8. The molecule has 0 unspecified atom stereocenters. The van der Waals surface area contributed by atoms with Gasteiger partial charge >= 0.3 is 0 Å². The molecule has 5 heteroatoms. The molecule has 19 heavy (non-hydrogen) atoms. The van der Waals surface area contributed by atoms with E-state index in [0.29, 0.717) is 12.1 Å². The Morgan fingerprint density at radius 1 is 1.32 bits per heavy atom. The number of rotatable bonds is 4. The third-order valence-corrected chi connectivity index (χ3v) is 2.95. The summed E-state index contributed by atoms with van der Waals surface area (Å²) in [5.74, 6) is 0. The standard InChI is InChI=1S/C14H15N3O2/c1-10-7-14(17(18)19)11(2)6-13(10)16-9-12-4-3-5-15-8-12/h3-8,16H,9H2,1-2H3. The van der Waals surface area contributed by atoms with Crippen molar-refractivity contribution in [2.45, 2.75) is 20.4 Å². The molecule has 0 radical (unpaired) electrons. The first-order chi connectivity index (χ1) is 9.08. The van der Waals surface area contributed by atoms with E-state index in [0.717, 1.165) is 16.8 Å². The van der Waals surface area contributed by atoms with E-state index in [-0.39, 0.29) is 10.6 Å². The summed E-state index contributed by atoms with van der Waals surface area (Å²) in [6.45, 7) is 4.25. The van der Waals surface area contributed by atoms with E-state index in [4.69, 9.17) is 0 Å². The molecule has 2 rings (SSSR count). The van der Waals surface area contributed by atoms with Crippen LogP contribution in [0.4, 0.5) is 11.4 Å². The van der Waals surface area contributed by atoms with E-state index >= 15 is 0 Å². The SMILES string of the molecule is Cc1cc([N+](=O)[O-])c(C)cc1NCc1cccnc1. The summed E-state index contributed by atoms with van der Waals surface area (Å²) in [5, 5.41) is 14.1. The zero-order valence-electron chi connectivity index (χ0n) is 10.9. The molecular formula is C14H15N3O2. The summed E-state index contributed by atoms with van der Waals surface area (Å²) < 4.78 is 0. The van der Waals surface area contributed by atoms with Gasteiger partial charge in [-0.3, -0.25) is 15.1 Å². The third kappa shape index (κ3) is 3.07. The summed E-state index contributed by atoms with van der Waals surface area (Å²) in [6.07, 6.45) is 3.52. The highest BCUT2D eigenvalue weighted by Crippen LogP contribution is 2.26. The van der Waals surface area contributed by atoms with Crippen molar-refractivity contribution in [2.75, 3.05) is 5.32 Å². The molecule has 0 amide bonds. The van der Waals surface area contributed by atoms with Crippen LogP contribution >= 0.6 is 0 Å². The predicted molar refractivity (Wildman–Crippen MR) is 74.1 cm³/mol. The van der Waals surface area contributed by atoms with Crippen molar-refractivity contribution in [3.05, 3.63) is 63.5 Å². The lowest BCUT2D eigenvalue weighted by atomic mass is 10.1. The number of hydrogen-bond acceptors (Lipinski definition) is 4. The second-order valence-corrected chi connectivity index (χ2v) is 4.43. The second-order valence-electron chi connectivity index (χ2n) is 4.43. The average molecular weight is 257 g/mol. The lowest BCUT2D eigenvalue weighted by Crippen LogP contribution is -2.03. The molecule has 0 spiro atoms. The van der Waals surface area contributed by atoms with Gasteiger partial charge in [0.2, 0.25) is 0 Å². The lowest BCUT2D eigenvalue weighted by Gasteiger charge is -2.10. The number of nitro benzene ring substituents is 1. The normalized spacial score (nSPS) is 10.2. The van der Waals surface area contributed by atoms with E-state index < -0.39 is 0 Å². The molecule has 1 aromatic carbocycles. The van der Waals surface area contributed by atoms with Crippen LogP contribution in [0.25, 0.3) is 0 Å². The van der Waals surface area contributed by atoms with Crippen molar-refractivity contribution in [3.63, 3.8) is 0 Å². The number of nitrogens with one attached hydrogen (secondary N) is 1. The zero-order valence-corrected chi connectivity index (χ0v) is 10.9. The molecule has 0 aliphatic carbocycles. The maximum atomic E-state index is 10.8. The molecule has 0 fully saturated rings. The van der Waals surface area contributed by atoms with Gasteiger partial charge < -0.3 is 5.32 Å². The summed E-state index contributed by atoms with van der Waals surface area (Å²) in [5.41, 5.74) is 3.65. The summed E-state index contributed by atoms with van der Waals surface area (Å²) >= 11 is 0. The van der Waals surface area contributed by atoms with Crippen LogP contribution < -0.4 is 5.32 Å². The molecule has 1 N–H and O–H groups in total. The Balaban J connectivity index is 2.17. The van der Waals surface area contributed by atoms with E-state index in [1.165, 1.54) is 0 Å². The van der Waals surface area contributed by atoms with Crippen LogP contribution in [-0.2, 0) is 6.54 Å². The lowest BCUT2D eigenvalue weighted by molar-refractivity contribution is -0.385. The van der Waals surface area contributed by atoms with E-state index in [1.54, 1.807) is 25.4 Å². The van der Waals surface area contributed by atoms with Crippen molar-refractivity contribution in [2.24, 2.45) is 0 Å². The first-order valence-electron chi connectivity index (χ1n) is 5.96.